The third-order valence-electron chi connectivity index (χ3n) is 1.59. The molecule has 0 unspecified atom stereocenters. The summed E-state index contributed by atoms with van der Waals surface area (Å²) in [4.78, 5) is 10.1. The molecule has 0 bridgehead atoms. The zero-order chi connectivity index (χ0) is 8.20. The first-order valence-electron chi connectivity index (χ1n) is 3.40. The maximum Gasteiger partial charge on any atom is 0.327 e. The second-order valence-electron chi connectivity index (χ2n) is 3.01. The summed E-state index contributed by atoms with van der Waals surface area (Å²) < 4.78 is 0. The largest absolute Gasteiger partial charge is 0.478 e. The van der Waals surface area contributed by atoms with Gasteiger partial charge in [-0.1, -0.05) is 26.8 Å². The van der Waals surface area contributed by atoms with Gasteiger partial charge in [-0.2, -0.15) is 0 Å². The lowest BCUT2D eigenvalue weighted by atomic mass is 9.90. The van der Waals surface area contributed by atoms with Crippen molar-refractivity contribution in [3.05, 3.63) is 12.2 Å². The summed E-state index contributed by atoms with van der Waals surface area (Å²) in [6.45, 7) is 6.05. The fourth-order valence-corrected chi connectivity index (χ4v) is 0.415. The zero-order valence-electron chi connectivity index (χ0n) is 6.72. The molecule has 0 aliphatic carbocycles. The Morgan fingerprint density at radius 2 is 2.10 bits per heavy atom. The summed E-state index contributed by atoms with van der Waals surface area (Å²) in [6, 6.07) is 0. The molecule has 0 radical (unpaired) electrons. The number of aliphatic carboxylic acids is 1. The van der Waals surface area contributed by atoms with E-state index in [1.165, 1.54) is 6.08 Å². The van der Waals surface area contributed by atoms with E-state index in [9.17, 15) is 4.79 Å². The first-order chi connectivity index (χ1) is 4.48. The molecule has 0 aromatic heterocycles. The van der Waals surface area contributed by atoms with E-state index in [1.807, 2.05) is 20.8 Å². The van der Waals surface area contributed by atoms with Gasteiger partial charge in [0.25, 0.3) is 0 Å². The Bertz CT molecular complexity index is 145. The maximum atomic E-state index is 10.1. The summed E-state index contributed by atoms with van der Waals surface area (Å²) in [5, 5.41) is 8.29. The highest BCUT2D eigenvalue weighted by molar-refractivity contribution is 5.79. The van der Waals surface area contributed by atoms with Crippen molar-refractivity contribution < 1.29 is 9.90 Å². The Hall–Kier alpha value is -0.790. The van der Waals surface area contributed by atoms with Crippen LogP contribution in [-0.2, 0) is 4.79 Å². The minimum atomic E-state index is -0.874. The number of hydrogen-bond donors (Lipinski definition) is 1. The molecule has 0 atom stereocenters. The third-order valence-corrected chi connectivity index (χ3v) is 1.59. The van der Waals surface area contributed by atoms with E-state index in [1.54, 1.807) is 6.08 Å². The molecule has 0 heterocycles. The Kier molecular flexibility index (Phi) is 3.13. The lowest BCUT2D eigenvalue weighted by Gasteiger charge is -2.15. The summed E-state index contributed by atoms with van der Waals surface area (Å²) in [7, 11) is 0. The molecular weight excluding hydrogens is 128 g/mol. The molecule has 0 saturated heterocycles. The molecule has 2 nitrogen and oxygen atoms in total. The topological polar surface area (TPSA) is 37.3 Å². The molecular formula is C8H14O2. The van der Waals surface area contributed by atoms with Crippen molar-refractivity contribution in [2.24, 2.45) is 5.41 Å². The Morgan fingerprint density at radius 1 is 1.60 bits per heavy atom. The van der Waals surface area contributed by atoms with Crippen LogP contribution in [0.1, 0.15) is 27.2 Å². The van der Waals surface area contributed by atoms with Gasteiger partial charge in [0.05, 0.1) is 0 Å². The van der Waals surface area contributed by atoms with Crippen LogP contribution in [0.3, 0.4) is 0 Å². The number of carbonyl (C=O) groups is 1. The molecule has 0 spiro atoms. The Labute approximate surface area is 61.6 Å². The second kappa shape index (κ2) is 3.40. The van der Waals surface area contributed by atoms with Crippen LogP contribution >= 0.6 is 0 Å². The van der Waals surface area contributed by atoms with Crippen molar-refractivity contribution in [2.75, 3.05) is 0 Å². The van der Waals surface area contributed by atoms with E-state index in [0.29, 0.717) is 0 Å². The van der Waals surface area contributed by atoms with Gasteiger partial charge >= 0.3 is 5.97 Å². The smallest absolute Gasteiger partial charge is 0.327 e. The molecule has 0 amide bonds. The van der Waals surface area contributed by atoms with Crippen LogP contribution in [0.15, 0.2) is 12.2 Å². The highest BCUT2D eigenvalue weighted by Crippen LogP contribution is 2.20. The number of carboxylic acids is 1. The van der Waals surface area contributed by atoms with Gasteiger partial charge in [0, 0.05) is 6.08 Å². The molecule has 0 aromatic carbocycles. The SMILES string of the molecule is CCC(C)(C)C=CC(=O)O. The third kappa shape index (κ3) is 4.13. The van der Waals surface area contributed by atoms with Gasteiger partial charge in [0.2, 0.25) is 0 Å². The molecule has 0 saturated carbocycles. The van der Waals surface area contributed by atoms with E-state index in [4.69, 9.17) is 5.11 Å². The predicted octanol–water partition coefficient (Wildman–Crippen LogP) is 2.06. The highest BCUT2D eigenvalue weighted by atomic mass is 16.4. The fourth-order valence-electron chi connectivity index (χ4n) is 0.415. The average molecular weight is 142 g/mol. The van der Waals surface area contributed by atoms with Gasteiger partial charge in [-0.25, -0.2) is 4.79 Å². The molecule has 2 heteroatoms. The van der Waals surface area contributed by atoms with Gasteiger partial charge < -0.3 is 5.11 Å². The lowest BCUT2D eigenvalue weighted by Crippen LogP contribution is -2.05. The van der Waals surface area contributed by atoms with Gasteiger partial charge in [-0.3, -0.25) is 0 Å². The van der Waals surface area contributed by atoms with Gasteiger partial charge in [-0.15, -0.1) is 0 Å². The first-order valence-corrected chi connectivity index (χ1v) is 3.40. The van der Waals surface area contributed by atoms with E-state index in [0.717, 1.165) is 6.42 Å². The normalized spacial score (nSPS) is 12.3. The van der Waals surface area contributed by atoms with Crippen molar-refractivity contribution in [3.63, 3.8) is 0 Å². The Balaban J connectivity index is 3.99. The number of allylic oxidation sites excluding steroid dienone is 1. The van der Waals surface area contributed by atoms with Gasteiger partial charge in [0.1, 0.15) is 0 Å². The second-order valence-corrected chi connectivity index (χ2v) is 3.01. The number of hydrogen-bond acceptors (Lipinski definition) is 1. The fraction of sp³-hybridized carbons (Fsp3) is 0.625. The van der Waals surface area contributed by atoms with Crippen LogP contribution in [0.5, 0.6) is 0 Å². The minimum Gasteiger partial charge on any atom is -0.478 e. The van der Waals surface area contributed by atoms with Crippen LogP contribution in [-0.4, -0.2) is 11.1 Å². The molecule has 0 fully saturated rings. The van der Waals surface area contributed by atoms with E-state index < -0.39 is 5.97 Å². The molecule has 0 aromatic rings. The van der Waals surface area contributed by atoms with E-state index in [-0.39, 0.29) is 5.41 Å². The summed E-state index contributed by atoms with van der Waals surface area (Å²) in [5.74, 6) is -0.874. The predicted molar refractivity (Wildman–Crippen MR) is 40.8 cm³/mol. The van der Waals surface area contributed by atoms with Crippen LogP contribution in [0, 0.1) is 5.41 Å². The molecule has 0 aliphatic rings. The van der Waals surface area contributed by atoms with E-state index >= 15 is 0 Å². The van der Waals surface area contributed by atoms with Crippen LogP contribution < -0.4 is 0 Å². The zero-order valence-corrected chi connectivity index (χ0v) is 6.72. The monoisotopic (exact) mass is 142 g/mol. The molecule has 1 N–H and O–H groups in total. The van der Waals surface area contributed by atoms with Crippen LogP contribution in [0.25, 0.3) is 0 Å². The summed E-state index contributed by atoms with van der Waals surface area (Å²) in [5.41, 5.74) is 0.0123. The number of rotatable bonds is 3. The molecule has 0 rings (SSSR count). The number of carboxylic acid groups (broad SMARTS) is 1. The maximum absolute atomic E-state index is 10.1. The van der Waals surface area contributed by atoms with Crippen molar-refractivity contribution in [3.8, 4) is 0 Å². The average Bonchev–Trinajstić information content (AvgIpc) is 1.85. The van der Waals surface area contributed by atoms with Gasteiger partial charge in [0.15, 0.2) is 0 Å². The van der Waals surface area contributed by atoms with Gasteiger partial charge in [-0.05, 0) is 11.8 Å². The van der Waals surface area contributed by atoms with Crippen LogP contribution in [0.2, 0.25) is 0 Å². The quantitative estimate of drug-likeness (QED) is 0.612. The summed E-state index contributed by atoms with van der Waals surface area (Å²) >= 11 is 0. The molecule has 58 valence electrons. The molecule has 0 aliphatic heterocycles. The van der Waals surface area contributed by atoms with Crippen LogP contribution in [0.4, 0.5) is 0 Å². The molecule has 10 heavy (non-hydrogen) atoms. The lowest BCUT2D eigenvalue weighted by molar-refractivity contribution is -0.131. The summed E-state index contributed by atoms with van der Waals surface area (Å²) in [6.07, 6.45) is 3.87. The van der Waals surface area contributed by atoms with Crippen molar-refractivity contribution >= 4 is 5.97 Å². The van der Waals surface area contributed by atoms with Crippen molar-refractivity contribution in [1.29, 1.82) is 0 Å². The highest BCUT2D eigenvalue weighted by Gasteiger charge is 2.09. The van der Waals surface area contributed by atoms with Crippen molar-refractivity contribution in [1.82, 2.24) is 0 Å². The Morgan fingerprint density at radius 3 is 2.40 bits per heavy atom. The standard InChI is InChI=1S/C8H14O2/c1-4-8(2,3)6-5-7(9)10/h5-6H,4H2,1-3H3,(H,9,10). The first kappa shape index (κ1) is 9.21. The minimum absolute atomic E-state index is 0.0123. The van der Waals surface area contributed by atoms with Crippen molar-refractivity contribution in [2.45, 2.75) is 27.2 Å². The van der Waals surface area contributed by atoms with E-state index in [2.05, 4.69) is 0 Å².